The summed E-state index contributed by atoms with van der Waals surface area (Å²) in [4.78, 5) is 25.1. The summed E-state index contributed by atoms with van der Waals surface area (Å²) in [6, 6.07) is 7.05. The number of carbonyl (C=O) groups excluding carboxylic acids is 1. The number of rotatable bonds is 2. The molecule has 6 nitrogen and oxygen atoms in total. The van der Waals surface area contributed by atoms with Gasteiger partial charge in [-0.15, -0.1) is 0 Å². The van der Waals surface area contributed by atoms with Crippen LogP contribution in [0.1, 0.15) is 0 Å². The molecule has 154 valence electrons. The summed E-state index contributed by atoms with van der Waals surface area (Å²) in [6.07, 6.45) is 18.2. The van der Waals surface area contributed by atoms with Gasteiger partial charge in [-0.3, -0.25) is 9.59 Å². The van der Waals surface area contributed by atoms with Gasteiger partial charge in [0.05, 0.1) is 17.8 Å². The fourth-order valence-electron chi connectivity index (χ4n) is 2.86. The first-order chi connectivity index (χ1) is 14.6. The topological polar surface area (TPSA) is 67.6 Å². The van der Waals surface area contributed by atoms with E-state index in [-0.39, 0.29) is 33.7 Å². The molecule has 2 aliphatic carbocycles. The van der Waals surface area contributed by atoms with Crippen LogP contribution in [0.2, 0.25) is 5.02 Å². The van der Waals surface area contributed by atoms with E-state index in [9.17, 15) is 9.59 Å². The van der Waals surface area contributed by atoms with Gasteiger partial charge in [0.1, 0.15) is 10.7 Å². The van der Waals surface area contributed by atoms with Crippen molar-refractivity contribution in [3.63, 3.8) is 0 Å². The van der Waals surface area contributed by atoms with Crippen LogP contribution in [0.25, 0.3) is 5.69 Å². The van der Waals surface area contributed by atoms with Crippen LogP contribution in [-0.2, 0) is 21.9 Å². The number of fused-ring (bicyclic) bond motifs is 1. The third-order valence-corrected chi connectivity index (χ3v) is 5.22. The van der Waals surface area contributed by atoms with Crippen molar-refractivity contribution in [1.82, 2.24) is 9.78 Å². The molecule has 2 heterocycles. The smallest absolute Gasteiger partial charge is 0.272 e. The Morgan fingerprint density at radius 3 is 2.19 bits per heavy atom. The Hall–Kier alpha value is -1.47. The number of anilines is 1. The molecule has 0 unspecified atom stereocenters. The first-order valence-electron chi connectivity index (χ1n) is 8.91. The van der Waals surface area contributed by atoms with Crippen molar-refractivity contribution in [1.29, 1.82) is 0 Å². The first-order valence-corrected chi connectivity index (χ1v) is 10.1. The zero-order valence-corrected chi connectivity index (χ0v) is 19.2. The molecular weight excluding hydrogens is 523 g/mol. The number of hydrogen-bond donors (Lipinski definition) is 0. The number of hydrazone groups is 1. The zero-order chi connectivity index (χ0) is 21.1. The maximum atomic E-state index is 12.6. The van der Waals surface area contributed by atoms with E-state index < -0.39 is 5.56 Å². The molecule has 0 spiro atoms. The van der Waals surface area contributed by atoms with Gasteiger partial charge >= 0.3 is 17.1 Å². The van der Waals surface area contributed by atoms with Crippen LogP contribution in [0.15, 0.2) is 44.8 Å². The van der Waals surface area contributed by atoms with Crippen LogP contribution in [-0.4, -0.2) is 21.9 Å². The van der Waals surface area contributed by atoms with E-state index in [2.05, 4.69) is 26.1 Å². The molecule has 31 heavy (non-hydrogen) atoms. The predicted octanol–water partition coefficient (Wildman–Crippen LogP) is 3.78. The van der Waals surface area contributed by atoms with Gasteiger partial charge in [0.15, 0.2) is 0 Å². The van der Waals surface area contributed by atoms with E-state index in [0.29, 0.717) is 11.6 Å². The fourth-order valence-corrected chi connectivity index (χ4v) is 3.33. The maximum Gasteiger partial charge on any atom is 2.00 e. The van der Waals surface area contributed by atoms with Gasteiger partial charge in [0.25, 0.3) is 11.5 Å². The summed E-state index contributed by atoms with van der Waals surface area (Å²) >= 11 is 9.57. The summed E-state index contributed by atoms with van der Waals surface area (Å²) in [6.45, 7) is 0. The van der Waals surface area contributed by atoms with Crippen molar-refractivity contribution in [3.05, 3.63) is 114 Å². The second kappa shape index (κ2) is 10.9. The second-order valence-corrected chi connectivity index (χ2v) is 7.55. The zero-order valence-electron chi connectivity index (χ0n) is 15.8. The van der Waals surface area contributed by atoms with E-state index in [4.69, 9.17) is 11.6 Å². The molecule has 5 rings (SSSR count). The number of aromatic nitrogens is 2. The molecule has 0 atom stereocenters. The van der Waals surface area contributed by atoms with Gasteiger partial charge in [-0.2, -0.15) is 19.9 Å². The Labute approximate surface area is 205 Å². The Kier molecular flexibility index (Phi) is 8.50. The minimum Gasteiger partial charge on any atom is -0.272 e. The molecule has 2 aromatic rings. The SMILES string of the molecule is O=C1[C]2[CH][CH][CH][C]2C=NN1c1cnn(-c2ccc(Br)cc2)c(=O)c1Cl.[CH]1[CH][CH][CH][CH]1.[Fe+2]. The van der Waals surface area contributed by atoms with Crippen LogP contribution in [0, 0.1) is 63.2 Å². The van der Waals surface area contributed by atoms with Crippen LogP contribution in [0.4, 0.5) is 5.69 Å². The average molecular weight is 538 g/mol. The molecule has 1 amide bonds. The molecule has 0 bridgehead atoms. The van der Waals surface area contributed by atoms with Gasteiger partial charge in [-0.25, -0.2) is 0 Å². The number of carbonyl (C=O) groups is 1. The Morgan fingerprint density at radius 1 is 0.903 bits per heavy atom. The van der Waals surface area contributed by atoms with Crippen molar-refractivity contribution in [2.45, 2.75) is 0 Å². The van der Waals surface area contributed by atoms with Gasteiger partial charge in [-0.1, -0.05) is 27.5 Å². The van der Waals surface area contributed by atoms with E-state index in [1.54, 1.807) is 49.7 Å². The van der Waals surface area contributed by atoms with Crippen LogP contribution >= 0.6 is 27.5 Å². The third-order valence-electron chi connectivity index (χ3n) is 4.34. The van der Waals surface area contributed by atoms with Gasteiger partial charge in [0, 0.05) is 16.6 Å². The minimum absolute atomic E-state index is 0. The van der Waals surface area contributed by atoms with Crippen molar-refractivity contribution >= 4 is 45.3 Å². The molecule has 1 aliphatic heterocycles. The number of benzene rings is 1. The summed E-state index contributed by atoms with van der Waals surface area (Å²) in [5.74, 6) is 0.878. The van der Waals surface area contributed by atoms with E-state index in [1.165, 1.54) is 10.9 Å². The number of amides is 1. The number of hydrogen-bond acceptors (Lipinski definition) is 4. The summed E-state index contributed by atoms with van der Waals surface area (Å²) in [7, 11) is 0. The van der Waals surface area contributed by atoms with Crippen molar-refractivity contribution in [3.8, 4) is 5.69 Å². The quantitative estimate of drug-likeness (QED) is 0.548. The van der Waals surface area contributed by atoms with Crippen molar-refractivity contribution in [2.24, 2.45) is 5.10 Å². The second-order valence-electron chi connectivity index (χ2n) is 6.26. The molecule has 10 radical (unpaired) electrons. The standard InChI is InChI=1S/C17H9BrClN4O2.C5H5.Fe/c18-11-4-6-12(7-5-11)22-17(25)15(19)14(9-21-22)23-16(24)13-3-1-2-10(13)8-20-23;1-2-4-5-3-1;/h1-9H;1-5H;/q;;+2. The minimum atomic E-state index is -0.530. The summed E-state index contributed by atoms with van der Waals surface area (Å²) < 4.78 is 2.05. The molecule has 0 N–H and O–H groups in total. The first kappa shape index (κ1) is 24.2. The normalized spacial score (nSPS) is 18.4. The predicted molar refractivity (Wildman–Crippen MR) is 119 cm³/mol. The van der Waals surface area contributed by atoms with E-state index in [0.717, 1.165) is 15.4 Å². The number of halogens is 2. The van der Waals surface area contributed by atoms with Gasteiger partial charge in [-0.05, 0) is 75.6 Å². The van der Waals surface area contributed by atoms with Gasteiger partial charge in [0.2, 0.25) is 0 Å². The summed E-state index contributed by atoms with van der Waals surface area (Å²) in [5.41, 5.74) is 0.180. The molecule has 3 aliphatic rings. The monoisotopic (exact) mass is 536 g/mol. The van der Waals surface area contributed by atoms with E-state index >= 15 is 0 Å². The largest absolute Gasteiger partial charge is 2.00 e. The maximum absolute atomic E-state index is 12.6. The molecule has 2 fully saturated rings. The Morgan fingerprint density at radius 2 is 1.55 bits per heavy atom. The molecular formula is C22H14BrClFeN4O2+2. The summed E-state index contributed by atoms with van der Waals surface area (Å²) in [5, 5.41) is 9.18. The van der Waals surface area contributed by atoms with Gasteiger partial charge < -0.3 is 0 Å². The Balaban J connectivity index is 0.000000401. The van der Waals surface area contributed by atoms with Crippen molar-refractivity contribution < 1.29 is 21.9 Å². The molecule has 1 aromatic carbocycles. The average Bonchev–Trinajstić information content (AvgIpc) is 3.47. The fraction of sp³-hybridized carbons (Fsp3) is 0. The van der Waals surface area contributed by atoms with E-state index in [1.807, 2.05) is 32.1 Å². The van der Waals surface area contributed by atoms with Crippen LogP contribution < -0.4 is 10.6 Å². The molecule has 9 heteroatoms. The van der Waals surface area contributed by atoms with Crippen LogP contribution in [0.3, 0.4) is 0 Å². The Bertz CT molecular complexity index is 1000. The molecule has 0 saturated heterocycles. The molecule has 1 aromatic heterocycles. The third kappa shape index (κ3) is 5.30. The van der Waals surface area contributed by atoms with Crippen molar-refractivity contribution in [2.75, 3.05) is 5.01 Å². The molecule has 2 saturated carbocycles. The number of nitrogens with zero attached hydrogens (tertiary/aromatic N) is 4. The van der Waals surface area contributed by atoms with Crippen LogP contribution in [0.5, 0.6) is 0 Å².